The van der Waals surface area contributed by atoms with Crippen LogP contribution in [-0.4, -0.2) is 24.4 Å². The smallest absolute Gasteiger partial charge is 0.257 e. The summed E-state index contributed by atoms with van der Waals surface area (Å²) in [6, 6.07) is 2.00. The van der Waals surface area contributed by atoms with Crippen LogP contribution in [0, 0.1) is 0 Å². The summed E-state index contributed by atoms with van der Waals surface area (Å²) in [5, 5.41) is 13.1. The quantitative estimate of drug-likeness (QED) is 0.887. The van der Waals surface area contributed by atoms with Crippen molar-refractivity contribution in [3.05, 3.63) is 17.3 Å². The fourth-order valence-corrected chi connectivity index (χ4v) is 2.29. The first-order chi connectivity index (χ1) is 8.28. The maximum absolute atomic E-state index is 5.64. The largest absolute Gasteiger partial charge is 0.496 e. The molecule has 0 aromatic carbocycles. The lowest BCUT2D eigenvalue weighted by Crippen LogP contribution is -2.15. The zero-order chi connectivity index (χ0) is 12.3. The normalized spacial score (nSPS) is 12.6. The molecule has 92 valence electrons. The van der Waals surface area contributed by atoms with E-state index in [1.54, 1.807) is 7.11 Å². The predicted molar refractivity (Wildman–Crippen MR) is 66.3 cm³/mol. The first-order valence-electron chi connectivity index (χ1n) is 5.42. The molecule has 0 spiro atoms. The molecule has 1 atom stereocenters. The zero-order valence-electron chi connectivity index (χ0n) is 10.1. The maximum atomic E-state index is 5.64. The van der Waals surface area contributed by atoms with Crippen molar-refractivity contribution in [3.63, 3.8) is 0 Å². The van der Waals surface area contributed by atoms with Crippen molar-refractivity contribution >= 4 is 11.3 Å². The average Bonchev–Trinajstić information content (AvgIpc) is 2.98. The van der Waals surface area contributed by atoms with Gasteiger partial charge in [-0.25, -0.2) is 0 Å². The van der Waals surface area contributed by atoms with Gasteiger partial charge in [0.2, 0.25) is 5.89 Å². The third-order valence-electron chi connectivity index (χ3n) is 2.52. The van der Waals surface area contributed by atoms with Crippen LogP contribution in [0.5, 0.6) is 5.75 Å². The Morgan fingerprint density at radius 2 is 2.35 bits per heavy atom. The Balaban J connectivity index is 2.22. The molecule has 2 aromatic rings. The van der Waals surface area contributed by atoms with Gasteiger partial charge in [-0.15, -0.1) is 21.5 Å². The van der Waals surface area contributed by atoms with Gasteiger partial charge in [0.1, 0.15) is 5.75 Å². The van der Waals surface area contributed by atoms with Crippen LogP contribution >= 0.6 is 11.3 Å². The summed E-state index contributed by atoms with van der Waals surface area (Å²) in [4.78, 5) is 0.923. The summed E-state index contributed by atoms with van der Waals surface area (Å²) in [5.41, 5.74) is 0. The first kappa shape index (κ1) is 12.1. The van der Waals surface area contributed by atoms with E-state index in [-0.39, 0.29) is 6.04 Å². The molecule has 1 N–H and O–H groups in total. The van der Waals surface area contributed by atoms with Crippen LogP contribution in [-0.2, 0) is 0 Å². The van der Waals surface area contributed by atoms with Crippen molar-refractivity contribution < 1.29 is 9.15 Å². The van der Waals surface area contributed by atoms with E-state index in [1.807, 2.05) is 18.5 Å². The van der Waals surface area contributed by atoms with Gasteiger partial charge in [0, 0.05) is 11.4 Å². The molecule has 0 saturated heterocycles. The fraction of sp³-hybridized carbons (Fsp3) is 0.455. The first-order valence-corrected chi connectivity index (χ1v) is 6.30. The molecule has 0 aliphatic heterocycles. The average molecular weight is 253 g/mol. The summed E-state index contributed by atoms with van der Waals surface area (Å²) < 4.78 is 10.8. The lowest BCUT2D eigenvalue weighted by atomic mass is 10.2. The monoisotopic (exact) mass is 253 g/mol. The lowest BCUT2D eigenvalue weighted by molar-refractivity contribution is 0.413. The minimum atomic E-state index is 0.109. The van der Waals surface area contributed by atoms with Gasteiger partial charge in [0.25, 0.3) is 5.89 Å². The molecule has 0 saturated carbocycles. The molecule has 0 amide bonds. The number of hydrogen-bond donors (Lipinski definition) is 1. The van der Waals surface area contributed by atoms with Crippen molar-refractivity contribution in [1.29, 1.82) is 0 Å². The van der Waals surface area contributed by atoms with Gasteiger partial charge >= 0.3 is 0 Å². The molecule has 0 aliphatic rings. The van der Waals surface area contributed by atoms with E-state index in [4.69, 9.17) is 9.15 Å². The third-order valence-corrected chi connectivity index (χ3v) is 3.41. The summed E-state index contributed by atoms with van der Waals surface area (Å²) >= 11 is 1.53. The van der Waals surface area contributed by atoms with Crippen molar-refractivity contribution in [2.75, 3.05) is 14.2 Å². The van der Waals surface area contributed by atoms with E-state index in [1.165, 1.54) is 11.3 Å². The van der Waals surface area contributed by atoms with Gasteiger partial charge in [0.05, 0.1) is 18.0 Å². The van der Waals surface area contributed by atoms with E-state index in [0.29, 0.717) is 11.8 Å². The summed E-state index contributed by atoms with van der Waals surface area (Å²) in [6.45, 7) is 2.07. The second-order valence-electron chi connectivity index (χ2n) is 3.55. The van der Waals surface area contributed by atoms with E-state index in [2.05, 4.69) is 22.4 Å². The summed E-state index contributed by atoms with van der Waals surface area (Å²) in [6.07, 6.45) is 0.909. The molecule has 1 unspecified atom stereocenters. The highest BCUT2D eigenvalue weighted by atomic mass is 32.1. The molecule has 2 heterocycles. The SMILES string of the molecule is CCC(NC)c1nnc(-c2cc(OC)cs2)o1. The number of thiophene rings is 1. The van der Waals surface area contributed by atoms with Crippen LogP contribution in [0.3, 0.4) is 0 Å². The Kier molecular flexibility index (Phi) is 3.75. The molecule has 2 rings (SSSR count). The Morgan fingerprint density at radius 3 is 2.94 bits per heavy atom. The third kappa shape index (κ3) is 2.48. The molecular weight excluding hydrogens is 238 g/mol. The number of aromatic nitrogens is 2. The molecule has 17 heavy (non-hydrogen) atoms. The van der Waals surface area contributed by atoms with Crippen LogP contribution in [0.4, 0.5) is 0 Å². The van der Waals surface area contributed by atoms with Gasteiger partial charge in [-0.1, -0.05) is 6.92 Å². The second-order valence-corrected chi connectivity index (χ2v) is 4.46. The molecule has 6 heteroatoms. The maximum Gasteiger partial charge on any atom is 0.257 e. The zero-order valence-corrected chi connectivity index (χ0v) is 10.9. The molecule has 0 aliphatic carbocycles. The van der Waals surface area contributed by atoms with Crippen molar-refractivity contribution in [3.8, 4) is 16.5 Å². The van der Waals surface area contributed by atoms with Gasteiger partial charge in [-0.2, -0.15) is 0 Å². The minimum absolute atomic E-state index is 0.109. The van der Waals surface area contributed by atoms with Gasteiger partial charge in [0.15, 0.2) is 0 Å². The summed E-state index contributed by atoms with van der Waals surface area (Å²) in [7, 11) is 3.52. The Morgan fingerprint density at radius 1 is 1.53 bits per heavy atom. The van der Waals surface area contributed by atoms with Gasteiger partial charge in [-0.3, -0.25) is 0 Å². The molecule has 5 nitrogen and oxygen atoms in total. The molecule has 2 aromatic heterocycles. The Labute approximate surface area is 104 Å². The van der Waals surface area contributed by atoms with E-state index in [0.717, 1.165) is 17.0 Å². The van der Waals surface area contributed by atoms with Crippen LogP contribution in [0.1, 0.15) is 25.3 Å². The highest BCUT2D eigenvalue weighted by Crippen LogP contribution is 2.30. The van der Waals surface area contributed by atoms with Crippen LogP contribution in [0.2, 0.25) is 0 Å². The van der Waals surface area contributed by atoms with E-state index >= 15 is 0 Å². The number of nitrogens with one attached hydrogen (secondary N) is 1. The number of ether oxygens (including phenoxy) is 1. The lowest BCUT2D eigenvalue weighted by Gasteiger charge is -2.06. The minimum Gasteiger partial charge on any atom is -0.496 e. The van der Waals surface area contributed by atoms with E-state index in [9.17, 15) is 0 Å². The van der Waals surface area contributed by atoms with Gasteiger partial charge in [-0.05, 0) is 13.5 Å². The Hall–Kier alpha value is -1.40. The number of rotatable bonds is 5. The second kappa shape index (κ2) is 5.29. The fourth-order valence-electron chi connectivity index (χ4n) is 1.52. The van der Waals surface area contributed by atoms with Crippen LogP contribution < -0.4 is 10.1 Å². The van der Waals surface area contributed by atoms with Crippen molar-refractivity contribution in [1.82, 2.24) is 15.5 Å². The number of hydrogen-bond acceptors (Lipinski definition) is 6. The predicted octanol–water partition coefficient (Wildman–Crippen LogP) is 2.48. The Bertz CT molecular complexity index is 477. The topological polar surface area (TPSA) is 60.2 Å². The number of methoxy groups -OCH3 is 1. The van der Waals surface area contributed by atoms with Crippen LogP contribution in [0.25, 0.3) is 10.8 Å². The molecule has 0 radical (unpaired) electrons. The molecular formula is C11H15N3O2S. The molecule has 0 fully saturated rings. The number of nitrogens with zero attached hydrogens (tertiary/aromatic N) is 2. The van der Waals surface area contributed by atoms with Crippen molar-refractivity contribution in [2.45, 2.75) is 19.4 Å². The van der Waals surface area contributed by atoms with Crippen molar-refractivity contribution in [2.24, 2.45) is 0 Å². The summed E-state index contributed by atoms with van der Waals surface area (Å²) in [5.74, 6) is 1.98. The molecule has 0 bridgehead atoms. The highest BCUT2D eigenvalue weighted by Gasteiger charge is 2.16. The van der Waals surface area contributed by atoms with E-state index < -0.39 is 0 Å². The van der Waals surface area contributed by atoms with Crippen LogP contribution in [0.15, 0.2) is 15.9 Å². The highest BCUT2D eigenvalue weighted by molar-refractivity contribution is 7.13. The van der Waals surface area contributed by atoms with Gasteiger partial charge < -0.3 is 14.5 Å². The standard InChI is InChI=1S/C11H15N3O2S/c1-4-8(12-2)10-13-14-11(16-10)9-5-7(15-3)6-17-9/h5-6,8,12H,4H2,1-3H3.